The molecule has 4 heteroatoms. The van der Waals surface area contributed by atoms with Crippen LogP contribution in [-0.2, 0) is 4.79 Å². The third-order valence-corrected chi connectivity index (χ3v) is 7.50. The Morgan fingerprint density at radius 3 is 1.85 bits per heavy atom. The fraction of sp³-hybridized carbons (Fsp3) is 0.345. The molecule has 4 nitrogen and oxygen atoms in total. The lowest BCUT2D eigenvalue weighted by Gasteiger charge is -2.43. The van der Waals surface area contributed by atoms with Gasteiger partial charge >= 0.3 is 0 Å². The highest BCUT2D eigenvalue weighted by Crippen LogP contribution is 2.39. The van der Waals surface area contributed by atoms with E-state index in [0.29, 0.717) is 12.6 Å². The number of likely N-dealkylation sites (tertiary alicyclic amines) is 1. The number of hydrogen-bond acceptors (Lipinski definition) is 3. The van der Waals surface area contributed by atoms with Crippen molar-refractivity contribution >= 4 is 11.6 Å². The maximum atomic E-state index is 13.3. The van der Waals surface area contributed by atoms with Crippen LogP contribution in [0.4, 0.5) is 5.69 Å². The summed E-state index contributed by atoms with van der Waals surface area (Å²) in [4.78, 5) is 20.1. The van der Waals surface area contributed by atoms with Crippen molar-refractivity contribution in [3.63, 3.8) is 0 Å². The molecule has 0 saturated carbocycles. The van der Waals surface area contributed by atoms with Crippen molar-refractivity contribution in [3.05, 3.63) is 102 Å². The normalized spacial score (nSPS) is 18.4. The van der Waals surface area contributed by atoms with Crippen molar-refractivity contribution in [2.75, 3.05) is 38.3 Å². The van der Waals surface area contributed by atoms with E-state index in [2.05, 4.69) is 94.7 Å². The highest BCUT2D eigenvalue weighted by atomic mass is 16.2. The molecule has 2 aliphatic heterocycles. The second-order valence-corrected chi connectivity index (χ2v) is 9.44. The Morgan fingerprint density at radius 2 is 1.30 bits per heavy atom. The molecule has 0 bridgehead atoms. The Kier molecular flexibility index (Phi) is 6.19. The summed E-state index contributed by atoms with van der Waals surface area (Å²) >= 11 is 0. The highest BCUT2D eigenvalue weighted by Gasteiger charge is 2.52. The maximum absolute atomic E-state index is 13.3. The second-order valence-electron chi connectivity index (χ2n) is 9.44. The van der Waals surface area contributed by atoms with Gasteiger partial charge < -0.3 is 14.7 Å². The number of amides is 1. The van der Waals surface area contributed by atoms with Crippen LogP contribution in [0.1, 0.15) is 36.3 Å². The average molecular weight is 440 g/mol. The number of carbonyl (C=O) groups excluding carboxylic acids is 1. The molecule has 0 aromatic heterocycles. The minimum Gasteiger partial charge on any atom is -0.339 e. The van der Waals surface area contributed by atoms with Crippen molar-refractivity contribution in [2.24, 2.45) is 0 Å². The van der Waals surface area contributed by atoms with E-state index in [0.717, 1.165) is 44.6 Å². The molecular formula is C29H33N3O. The summed E-state index contributed by atoms with van der Waals surface area (Å²) in [5, 5.41) is 0. The summed E-state index contributed by atoms with van der Waals surface area (Å²) in [7, 11) is 1.93. The summed E-state index contributed by atoms with van der Waals surface area (Å²) in [5.41, 5.74) is 3.50. The summed E-state index contributed by atoms with van der Waals surface area (Å²) in [6.07, 6.45) is 2.84. The Morgan fingerprint density at radius 1 is 0.788 bits per heavy atom. The highest BCUT2D eigenvalue weighted by molar-refractivity contribution is 5.93. The topological polar surface area (TPSA) is 26.8 Å². The van der Waals surface area contributed by atoms with Crippen LogP contribution in [0, 0.1) is 0 Å². The number of anilines is 1. The molecule has 1 amide bonds. The van der Waals surface area contributed by atoms with Crippen LogP contribution in [0.2, 0.25) is 0 Å². The number of para-hydroxylation sites is 1. The molecule has 2 fully saturated rings. The number of likely N-dealkylation sites (N-methyl/N-ethyl adjacent to an activating group) is 1. The van der Waals surface area contributed by atoms with Gasteiger partial charge in [-0.3, -0.25) is 4.79 Å². The largest absolute Gasteiger partial charge is 0.339 e. The third kappa shape index (κ3) is 4.28. The number of rotatable bonds is 6. The van der Waals surface area contributed by atoms with Crippen molar-refractivity contribution in [2.45, 2.75) is 30.7 Å². The fourth-order valence-corrected chi connectivity index (χ4v) is 5.66. The lowest BCUT2D eigenvalue weighted by Crippen LogP contribution is -2.56. The first-order valence-corrected chi connectivity index (χ1v) is 12.1. The lowest BCUT2D eigenvalue weighted by molar-refractivity contribution is -0.132. The van der Waals surface area contributed by atoms with Crippen LogP contribution in [0.15, 0.2) is 91.0 Å². The van der Waals surface area contributed by atoms with Crippen LogP contribution < -0.4 is 4.90 Å². The molecule has 0 unspecified atom stereocenters. The first-order chi connectivity index (χ1) is 16.2. The van der Waals surface area contributed by atoms with E-state index >= 15 is 0 Å². The zero-order chi connectivity index (χ0) is 22.7. The minimum atomic E-state index is -0.398. The van der Waals surface area contributed by atoms with Crippen LogP contribution in [-0.4, -0.2) is 54.6 Å². The lowest BCUT2D eigenvalue weighted by atomic mass is 9.84. The molecule has 33 heavy (non-hydrogen) atoms. The molecule has 2 heterocycles. The molecule has 2 saturated heterocycles. The molecule has 0 atom stereocenters. The molecule has 2 aliphatic rings. The van der Waals surface area contributed by atoms with Crippen LogP contribution in [0.3, 0.4) is 0 Å². The first kappa shape index (κ1) is 21.7. The molecule has 1 spiro atoms. The molecule has 0 N–H and O–H groups in total. The summed E-state index contributed by atoms with van der Waals surface area (Å²) in [6, 6.07) is 32.1. The predicted octanol–water partition coefficient (Wildman–Crippen LogP) is 4.98. The SMILES string of the molecule is CN1CN(c2ccccc2)C2(CCN(CCC(c3ccccc3)c3ccccc3)CC2)C1=O. The van der Waals surface area contributed by atoms with E-state index in [1.165, 1.54) is 11.1 Å². The standard InChI is InChI=1S/C29H33N3O/c1-30-23-32(26-15-9-4-10-16-26)29(28(30)33)18-21-31(22-19-29)20-17-27(24-11-5-2-6-12-24)25-13-7-3-8-14-25/h2-16,27H,17-23H2,1H3. The Labute approximate surface area is 197 Å². The Hall–Kier alpha value is -3.11. The number of benzene rings is 3. The van der Waals surface area contributed by atoms with Gasteiger partial charge in [0.05, 0.1) is 6.67 Å². The van der Waals surface area contributed by atoms with Gasteiger partial charge in [-0.1, -0.05) is 78.9 Å². The Bertz CT molecular complexity index is 1010. The zero-order valence-electron chi connectivity index (χ0n) is 19.4. The van der Waals surface area contributed by atoms with E-state index in [4.69, 9.17) is 0 Å². The number of piperidine rings is 1. The number of hydrogen-bond donors (Lipinski definition) is 0. The van der Waals surface area contributed by atoms with Crippen molar-refractivity contribution in [1.29, 1.82) is 0 Å². The van der Waals surface area contributed by atoms with Gasteiger partial charge in [0, 0.05) is 31.7 Å². The molecular weight excluding hydrogens is 406 g/mol. The van der Waals surface area contributed by atoms with Gasteiger partial charge in [0.1, 0.15) is 5.54 Å². The minimum absolute atomic E-state index is 0.275. The summed E-state index contributed by atoms with van der Waals surface area (Å²) in [6.45, 7) is 3.63. The van der Waals surface area contributed by atoms with E-state index in [1.54, 1.807) is 0 Å². The zero-order valence-corrected chi connectivity index (χ0v) is 19.4. The fourth-order valence-electron chi connectivity index (χ4n) is 5.66. The smallest absolute Gasteiger partial charge is 0.249 e. The monoisotopic (exact) mass is 439 g/mol. The van der Waals surface area contributed by atoms with Crippen molar-refractivity contribution < 1.29 is 4.79 Å². The molecule has 3 aromatic carbocycles. The molecule has 170 valence electrons. The first-order valence-electron chi connectivity index (χ1n) is 12.1. The van der Waals surface area contributed by atoms with Gasteiger partial charge in [0.2, 0.25) is 5.91 Å². The molecule has 0 radical (unpaired) electrons. The molecule has 5 rings (SSSR count). The van der Waals surface area contributed by atoms with Gasteiger partial charge in [-0.25, -0.2) is 0 Å². The van der Waals surface area contributed by atoms with E-state index in [1.807, 2.05) is 18.0 Å². The summed E-state index contributed by atoms with van der Waals surface area (Å²) in [5.74, 6) is 0.667. The van der Waals surface area contributed by atoms with Crippen molar-refractivity contribution in [3.8, 4) is 0 Å². The van der Waals surface area contributed by atoms with Crippen LogP contribution in [0.25, 0.3) is 0 Å². The number of nitrogens with zero attached hydrogens (tertiary/aromatic N) is 3. The van der Waals surface area contributed by atoms with Gasteiger partial charge in [-0.2, -0.15) is 0 Å². The number of carbonyl (C=O) groups is 1. The quantitative estimate of drug-likeness (QED) is 0.542. The Balaban J connectivity index is 1.28. The van der Waals surface area contributed by atoms with Crippen LogP contribution in [0.5, 0.6) is 0 Å². The average Bonchev–Trinajstić information content (AvgIpc) is 3.12. The van der Waals surface area contributed by atoms with Crippen molar-refractivity contribution in [1.82, 2.24) is 9.80 Å². The maximum Gasteiger partial charge on any atom is 0.249 e. The predicted molar refractivity (Wildman–Crippen MR) is 134 cm³/mol. The molecule has 3 aromatic rings. The van der Waals surface area contributed by atoms with Gasteiger partial charge in [0.15, 0.2) is 0 Å². The van der Waals surface area contributed by atoms with Gasteiger partial charge in [0.25, 0.3) is 0 Å². The van der Waals surface area contributed by atoms with E-state index in [9.17, 15) is 4.79 Å². The van der Waals surface area contributed by atoms with Gasteiger partial charge in [-0.05, 0) is 49.1 Å². The van der Waals surface area contributed by atoms with E-state index < -0.39 is 5.54 Å². The molecule has 0 aliphatic carbocycles. The second kappa shape index (κ2) is 9.40. The van der Waals surface area contributed by atoms with E-state index in [-0.39, 0.29) is 5.91 Å². The van der Waals surface area contributed by atoms with Gasteiger partial charge in [-0.15, -0.1) is 0 Å². The third-order valence-electron chi connectivity index (χ3n) is 7.50. The summed E-state index contributed by atoms with van der Waals surface area (Å²) < 4.78 is 0. The van der Waals surface area contributed by atoms with Crippen LogP contribution >= 0.6 is 0 Å².